The standard InChI is InChI=1S/C25H31ClF5N3O2.O2S/c1-4-34-22(20(26)21(33-34)23(35)32-13-16-7-5-14(2)6-8-16)18-10-9-17(11-15(3)25(29,30)31)12-19(18)36-24(27)28;1-3-2/h9-10,12,14-16,24H,4-8,11,13H2,1-3H3,(H,32,35);/t14?,15-,16?;/m0./s1. The van der Waals surface area contributed by atoms with Gasteiger partial charge in [0.1, 0.15) is 5.75 Å². The highest BCUT2D eigenvalue weighted by atomic mass is 35.5. The fourth-order valence-electron chi connectivity index (χ4n) is 4.48. The molecule has 218 valence electrons. The number of rotatable bonds is 9. The molecule has 1 aliphatic carbocycles. The lowest BCUT2D eigenvalue weighted by molar-refractivity contribution is -0.169. The van der Waals surface area contributed by atoms with Crippen LogP contribution in [0, 0.1) is 17.8 Å². The summed E-state index contributed by atoms with van der Waals surface area (Å²) in [5, 5.41) is 7.12. The van der Waals surface area contributed by atoms with Gasteiger partial charge in [-0.25, -0.2) is 0 Å². The normalized spacial score (nSPS) is 18.2. The van der Waals surface area contributed by atoms with Gasteiger partial charge in [0, 0.05) is 18.7 Å². The maximum atomic E-state index is 13.2. The number of benzene rings is 1. The molecule has 1 amide bonds. The van der Waals surface area contributed by atoms with Crippen molar-refractivity contribution in [2.75, 3.05) is 6.54 Å². The predicted molar refractivity (Wildman–Crippen MR) is 136 cm³/mol. The van der Waals surface area contributed by atoms with Gasteiger partial charge in [0.2, 0.25) is 0 Å². The summed E-state index contributed by atoms with van der Waals surface area (Å²) in [4.78, 5) is 12.9. The van der Waals surface area contributed by atoms with E-state index in [9.17, 15) is 26.7 Å². The Morgan fingerprint density at radius 1 is 1.23 bits per heavy atom. The van der Waals surface area contributed by atoms with Crippen molar-refractivity contribution in [1.29, 1.82) is 0 Å². The molecule has 0 aliphatic heterocycles. The van der Waals surface area contributed by atoms with Gasteiger partial charge in [0.25, 0.3) is 5.91 Å². The molecule has 14 heteroatoms. The summed E-state index contributed by atoms with van der Waals surface area (Å²) in [6.07, 6.45) is -0.557. The third kappa shape index (κ3) is 9.26. The van der Waals surface area contributed by atoms with Crippen LogP contribution in [-0.2, 0) is 24.5 Å². The molecule has 1 aliphatic rings. The van der Waals surface area contributed by atoms with Gasteiger partial charge in [-0.2, -0.15) is 35.5 Å². The van der Waals surface area contributed by atoms with E-state index in [1.807, 2.05) is 0 Å². The number of halogens is 6. The Morgan fingerprint density at radius 3 is 2.38 bits per heavy atom. The first-order chi connectivity index (χ1) is 18.3. The van der Waals surface area contributed by atoms with E-state index in [0.29, 0.717) is 18.4 Å². The molecule has 1 N–H and O–H groups in total. The summed E-state index contributed by atoms with van der Waals surface area (Å²) >= 11 is 5.78. The highest BCUT2D eigenvalue weighted by Crippen LogP contribution is 2.39. The smallest absolute Gasteiger partial charge is 0.391 e. The zero-order valence-electron chi connectivity index (χ0n) is 21.7. The Labute approximate surface area is 232 Å². The van der Waals surface area contributed by atoms with Crippen molar-refractivity contribution in [2.24, 2.45) is 17.8 Å². The van der Waals surface area contributed by atoms with Crippen LogP contribution in [0.4, 0.5) is 22.0 Å². The van der Waals surface area contributed by atoms with Gasteiger partial charge in [-0.15, -0.1) is 0 Å². The zero-order valence-corrected chi connectivity index (χ0v) is 23.3. The van der Waals surface area contributed by atoms with Crippen LogP contribution in [0.25, 0.3) is 11.3 Å². The van der Waals surface area contributed by atoms with Crippen molar-refractivity contribution in [3.05, 3.63) is 34.5 Å². The molecule has 1 saturated carbocycles. The summed E-state index contributed by atoms with van der Waals surface area (Å²) < 4.78 is 88.0. The molecule has 1 fully saturated rings. The van der Waals surface area contributed by atoms with Crippen molar-refractivity contribution in [3.8, 4) is 17.0 Å². The number of aromatic nitrogens is 2. The van der Waals surface area contributed by atoms with Crippen LogP contribution >= 0.6 is 11.6 Å². The fraction of sp³-hybridized carbons (Fsp3) is 0.600. The van der Waals surface area contributed by atoms with E-state index in [1.54, 1.807) is 6.92 Å². The number of hydrogen-bond donors (Lipinski definition) is 1. The van der Waals surface area contributed by atoms with Crippen LogP contribution in [0.5, 0.6) is 5.75 Å². The maximum absolute atomic E-state index is 13.2. The molecule has 0 unspecified atom stereocenters. The van der Waals surface area contributed by atoms with E-state index in [-0.39, 0.29) is 39.8 Å². The molecule has 1 aromatic heterocycles. The minimum Gasteiger partial charge on any atom is -0.434 e. The summed E-state index contributed by atoms with van der Waals surface area (Å²) in [6, 6.07) is 3.93. The molecule has 0 radical (unpaired) electrons. The number of hydrogen-bond acceptors (Lipinski definition) is 5. The first-order valence-electron chi connectivity index (χ1n) is 12.4. The molecule has 0 spiro atoms. The van der Waals surface area contributed by atoms with Crippen LogP contribution < -0.4 is 10.1 Å². The zero-order chi connectivity index (χ0) is 29.3. The Morgan fingerprint density at radius 2 is 1.85 bits per heavy atom. The number of nitrogens with one attached hydrogen (secondary N) is 1. The summed E-state index contributed by atoms with van der Waals surface area (Å²) in [5.41, 5.74) is 0.424. The van der Waals surface area contributed by atoms with Gasteiger partial charge in [-0.1, -0.05) is 44.4 Å². The predicted octanol–water partition coefficient (Wildman–Crippen LogP) is 6.45. The van der Waals surface area contributed by atoms with Gasteiger partial charge in [0.05, 0.1) is 16.6 Å². The van der Waals surface area contributed by atoms with Crippen LogP contribution in [0.3, 0.4) is 0 Å². The van der Waals surface area contributed by atoms with E-state index >= 15 is 0 Å². The fourth-order valence-corrected chi connectivity index (χ4v) is 4.80. The summed E-state index contributed by atoms with van der Waals surface area (Å²) in [5.74, 6) is -1.43. The molecular formula is C25H31ClF5N3O4S. The van der Waals surface area contributed by atoms with Crippen molar-refractivity contribution >= 4 is 29.1 Å². The molecule has 1 aromatic carbocycles. The SMILES string of the molecule is CCn1nc(C(=O)NCC2CCC(C)CC2)c(Cl)c1-c1ccc(C[C@H](C)C(F)(F)F)cc1OC(F)F.O=S=O. The average molecular weight is 600 g/mol. The van der Waals surface area contributed by atoms with E-state index in [4.69, 9.17) is 20.0 Å². The molecule has 1 heterocycles. The monoisotopic (exact) mass is 599 g/mol. The second-order valence-electron chi connectivity index (χ2n) is 9.59. The Kier molecular flexibility index (Phi) is 12.3. The first-order valence-corrected chi connectivity index (χ1v) is 13.5. The van der Waals surface area contributed by atoms with Crippen LogP contribution in [0.15, 0.2) is 18.2 Å². The topological polar surface area (TPSA) is 90.3 Å². The second-order valence-corrected chi connectivity index (χ2v) is 10.1. The van der Waals surface area contributed by atoms with Crippen molar-refractivity contribution in [2.45, 2.75) is 72.2 Å². The van der Waals surface area contributed by atoms with Gasteiger partial charge in [-0.3, -0.25) is 9.48 Å². The minimum absolute atomic E-state index is 0.0397. The lowest BCUT2D eigenvalue weighted by Gasteiger charge is -2.26. The lowest BCUT2D eigenvalue weighted by atomic mass is 9.83. The van der Waals surface area contributed by atoms with Crippen molar-refractivity contribution in [3.63, 3.8) is 0 Å². The van der Waals surface area contributed by atoms with E-state index in [0.717, 1.165) is 38.7 Å². The summed E-state index contributed by atoms with van der Waals surface area (Å²) in [7, 11) is 0. The molecule has 1 atom stereocenters. The highest BCUT2D eigenvalue weighted by Gasteiger charge is 2.36. The van der Waals surface area contributed by atoms with Gasteiger partial charge >= 0.3 is 24.4 Å². The molecular weight excluding hydrogens is 569 g/mol. The molecule has 0 saturated heterocycles. The maximum Gasteiger partial charge on any atom is 0.391 e. The van der Waals surface area contributed by atoms with E-state index in [1.165, 1.54) is 16.8 Å². The number of nitrogens with zero attached hydrogens (tertiary/aromatic N) is 2. The average Bonchev–Trinajstić information content (AvgIpc) is 3.19. The molecule has 3 rings (SSSR count). The van der Waals surface area contributed by atoms with Crippen molar-refractivity contribution < 1.29 is 39.9 Å². The van der Waals surface area contributed by atoms with E-state index in [2.05, 4.69) is 22.1 Å². The lowest BCUT2D eigenvalue weighted by Crippen LogP contribution is -2.31. The third-order valence-electron chi connectivity index (χ3n) is 6.71. The third-order valence-corrected chi connectivity index (χ3v) is 7.07. The number of amides is 1. The van der Waals surface area contributed by atoms with Gasteiger partial charge < -0.3 is 10.1 Å². The quantitative estimate of drug-likeness (QED) is 0.335. The number of ether oxygens (including phenoxy) is 1. The molecule has 0 bridgehead atoms. The highest BCUT2D eigenvalue weighted by molar-refractivity contribution is 7.51. The Hall–Kier alpha value is -2.54. The van der Waals surface area contributed by atoms with Crippen LogP contribution in [0.2, 0.25) is 5.02 Å². The first kappa shape index (κ1) is 32.7. The Bertz CT molecular complexity index is 1150. The van der Waals surface area contributed by atoms with E-state index < -0.39 is 42.6 Å². The second kappa shape index (κ2) is 14.7. The number of carbonyl (C=O) groups excluding carboxylic acids is 1. The largest absolute Gasteiger partial charge is 0.434 e. The number of alkyl halides is 5. The number of aryl methyl sites for hydroxylation is 1. The number of carbonyl (C=O) groups is 1. The molecule has 7 nitrogen and oxygen atoms in total. The van der Waals surface area contributed by atoms with Crippen molar-refractivity contribution in [1.82, 2.24) is 15.1 Å². The minimum atomic E-state index is -4.43. The molecule has 39 heavy (non-hydrogen) atoms. The van der Waals surface area contributed by atoms with Gasteiger partial charge in [0.15, 0.2) is 5.69 Å². The Balaban J connectivity index is 0.00000170. The summed E-state index contributed by atoms with van der Waals surface area (Å²) in [6.45, 7) is 2.51. The van der Waals surface area contributed by atoms with Crippen LogP contribution in [-0.4, -0.2) is 43.4 Å². The van der Waals surface area contributed by atoms with Crippen LogP contribution in [0.1, 0.15) is 62.5 Å². The van der Waals surface area contributed by atoms with Gasteiger partial charge in [-0.05, 0) is 55.7 Å². The molecule has 2 aromatic rings.